The first-order chi connectivity index (χ1) is 14.7. The standard InChI is InChI=1S/C26H35N3O2/c1-18-6-9-24(29(17-18)25(30)31-26(2,3)4)21-8-7-20-14-22(16-27-23(20)15-21)19-10-12-28(5)13-11-19/h7-9,14-16,18-19H,6,10-13,17H2,1-5H3. The number of amides is 1. The summed E-state index contributed by atoms with van der Waals surface area (Å²) in [6.45, 7) is 10.8. The predicted molar refractivity (Wildman–Crippen MR) is 126 cm³/mol. The zero-order valence-electron chi connectivity index (χ0n) is 19.5. The minimum atomic E-state index is -0.516. The van der Waals surface area contributed by atoms with Gasteiger partial charge in [0.1, 0.15) is 5.60 Å². The molecule has 2 aliphatic heterocycles. The predicted octanol–water partition coefficient (Wildman–Crippen LogP) is 5.66. The number of carbonyl (C=O) groups is 1. The molecular weight excluding hydrogens is 386 g/mol. The van der Waals surface area contributed by atoms with Gasteiger partial charge in [0.05, 0.1) is 11.2 Å². The molecule has 1 aromatic heterocycles. The molecule has 31 heavy (non-hydrogen) atoms. The lowest BCUT2D eigenvalue weighted by atomic mass is 9.90. The van der Waals surface area contributed by atoms with Crippen LogP contribution in [0.2, 0.25) is 0 Å². The van der Waals surface area contributed by atoms with E-state index in [2.05, 4.69) is 49.2 Å². The molecule has 1 fully saturated rings. The van der Waals surface area contributed by atoms with Crippen molar-refractivity contribution >= 4 is 22.7 Å². The molecule has 1 aromatic carbocycles. The molecule has 4 rings (SSSR count). The highest BCUT2D eigenvalue weighted by atomic mass is 16.6. The summed E-state index contributed by atoms with van der Waals surface area (Å²) in [7, 11) is 2.19. The van der Waals surface area contributed by atoms with Gasteiger partial charge in [-0.15, -0.1) is 0 Å². The van der Waals surface area contributed by atoms with Crippen molar-refractivity contribution < 1.29 is 9.53 Å². The number of benzene rings is 1. The summed E-state index contributed by atoms with van der Waals surface area (Å²) in [6.07, 6.45) is 7.26. The van der Waals surface area contributed by atoms with E-state index in [4.69, 9.17) is 9.72 Å². The van der Waals surface area contributed by atoms with E-state index in [1.54, 1.807) is 4.90 Å². The number of hydrogen-bond acceptors (Lipinski definition) is 4. The molecule has 0 spiro atoms. The zero-order chi connectivity index (χ0) is 22.2. The van der Waals surface area contributed by atoms with Crippen molar-refractivity contribution in [1.29, 1.82) is 0 Å². The molecule has 166 valence electrons. The molecular formula is C26H35N3O2. The summed E-state index contributed by atoms with van der Waals surface area (Å²) in [5.41, 5.74) is 3.74. The highest BCUT2D eigenvalue weighted by Gasteiger charge is 2.29. The molecule has 0 saturated carbocycles. The van der Waals surface area contributed by atoms with Crippen molar-refractivity contribution in [3.63, 3.8) is 0 Å². The maximum Gasteiger partial charge on any atom is 0.414 e. The first kappa shape index (κ1) is 21.8. The van der Waals surface area contributed by atoms with E-state index in [1.807, 2.05) is 27.0 Å². The quantitative estimate of drug-likeness (QED) is 0.627. The Morgan fingerprint density at radius 3 is 2.61 bits per heavy atom. The van der Waals surface area contributed by atoms with Crippen LogP contribution in [0.5, 0.6) is 0 Å². The second-order valence-corrected chi connectivity index (χ2v) is 10.3. The summed E-state index contributed by atoms with van der Waals surface area (Å²) in [6, 6.07) is 8.65. The second-order valence-electron chi connectivity index (χ2n) is 10.3. The molecule has 2 aromatic rings. The van der Waals surface area contributed by atoms with E-state index in [0.29, 0.717) is 18.4 Å². The number of allylic oxidation sites excluding steroid dienone is 1. The van der Waals surface area contributed by atoms with Crippen LogP contribution in [0.25, 0.3) is 16.6 Å². The fourth-order valence-corrected chi connectivity index (χ4v) is 4.53. The third kappa shape index (κ3) is 5.09. The number of ether oxygens (including phenoxy) is 1. The lowest BCUT2D eigenvalue weighted by Gasteiger charge is -2.34. The molecule has 1 amide bonds. The Balaban J connectivity index is 1.60. The number of piperidine rings is 1. The van der Waals surface area contributed by atoms with Crippen molar-refractivity contribution in [2.75, 3.05) is 26.7 Å². The molecule has 3 heterocycles. The van der Waals surface area contributed by atoms with Gasteiger partial charge in [0.25, 0.3) is 0 Å². The molecule has 1 unspecified atom stereocenters. The maximum absolute atomic E-state index is 12.9. The normalized spacial score (nSPS) is 21.3. The van der Waals surface area contributed by atoms with Gasteiger partial charge >= 0.3 is 6.09 Å². The fourth-order valence-electron chi connectivity index (χ4n) is 4.53. The van der Waals surface area contributed by atoms with Gasteiger partial charge in [0.15, 0.2) is 0 Å². The average Bonchev–Trinajstić information content (AvgIpc) is 2.72. The fraction of sp³-hybridized carbons (Fsp3) is 0.538. The number of hydrogen-bond donors (Lipinski definition) is 0. The van der Waals surface area contributed by atoms with Crippen molar-refractivity contribution in [3.05, 3.63) is 47.7 Å². The van der Waals surface area contributed by atoms with E-state index in [9.17, 15) is 4.79 Å². The van der Waals surface area contributed by atoms with Gasteiger partial charge in [-0.3, -0.25) is 9.88 Å². The minimum absolute atomic E-state index is 0.282. The van der Waals surface area contributed by atoms with E-state index in [0.717, 1.165) is 41.7 Å². The third-order valence-corrected chi connectivity index (χ3v) is 6.30. The number of aromatic nitrogens is 1. The summed E-state index contributed by atoms with van der Waals surface area (Å²) in [5.74, 6) is 1.00. The van der Waals surface area contributed by atoms with E-state index < -0.39 is 5.60 Å². The Hall–Kier alpha value is -2.40. The van der Waals surface area contributed by atoms with Crippen LogP contribution in [0.3, 0.4) is 0 Å². The SMILES string of the molecule is CC1CC=C(c2ccc3cc(C4CCN(C)CC4)cnc3c2)N(C(=O)OC(C)(C)C)C1. The highest BCUT2D eigenvalue weighted by Crippen LogP contribution is 2.32. The lowest BCUT2D eigenvalue weighted by molar-refractivity contribution is 0.0327. The highest BCUT2D eigenvalue weighted by molar-refractivity contribution is 5.87. The Bertz CT molecular complexity index is 984. The topological polar surface area (TPSA) is 45.7 Å². The van der Waals surface area contributed by atoms with Gasteiger partial charge in [0.2, 0.25) is 0 Å². The first-order valence-corrected chi connectivity index (χ1v) is 11.5. The average molecular weight is 422 g/mol. The van der Waals surface area contributed by atoms with E-state index >= 15 is 0 Å². The van der Waals surface area contributed by atoms with Gasteiger partial charge in [-0.05, 0) is 89.7 Å². The smallest absolute Gasteiger partial charge is 0.414 e. The maximum atomic E-state index is 12.9. The Labute approximate surface area is 186 Å². The van der Waals surface area contributed by atoms with Crippen molar-refractivity contribution in [1.82, 2.24) is 14.8 Å². The van der Waals surface area contributed by atoms with Crippen LogP contribution in [-0.4, -0.2) is 53.2 Å². The van der Waals surface area contributed by atoms with Gasteiger partial charge in [0, 0.05) is 23.7 Å². The molecule has 1 saturated heterocycles. The summed E-state index contributed by atoms with van der Waals surface area (Å²) < 4.78 is 5.68. The Morgan fingerprint density at radius 2 is 1.90 bits per heavy atom. The molecule has 5 heteroatoms. The van der Waals surface area contributed by atoms with Crippen molar-refractivity contribution in [2.24, 2.45) is 5.92 Å². The van der Waals surface area contributed by atoms with Crippen LogP contribution in [0.1, 0.15) is 64.0 Å². The molecule has 0 radical (unpaired) electrons. The van der Waals surface area contributed by atoms with Gasteiger partial charge in [-0.25, -0.2) is 4.79 Å². The summed E-state index contributed by atoms with van der Waals surface area (Å²) in [5, 5.41) is 1.16. The lowest BCUT2D eigenvalue weighted by Crippen LogP contribution is -2.39. The summed E-state index contributed by atoms with van der Waals surface area (Å²) in [4.78, 5) is 21.9. The number of fused-ring (bicyclic) bond motifs is 1. The van der Waals surface area contributed by atoms with Crippen LogP contribution >= 0.6 is 0 Å². The third-order valence-electron chi connectivity index (χ3n) is 6.30. The van der Waals surface area contributed by atoms with Crippen molar-refractivity contribution in [2.45, 2.75) is 58.5 Å². The molecule has 5 nitrogen and oxygen atoms in total. The number of likely N-dealkylation sites (tertiary alicyclic amines) is 1. The number of rotatable bonds is 2. The minimum Gasteiger partial charge on any atom is -0.443 e. The van der Waals surface area contributed by atoms with Crippen LogP contribution in [0.4, 0.5) is 4.79 Å². The molecule has 0 N–H and O–H groups in total. The summed E-state index contributed by atoms with van der Waals surface area (Å²) >= 11 is 0. The van der Waals surface area contributed by atoms with Crippen LogP contribution in [0.15, 0.2) is 36.5 Å². The Morgan fingerprint density at radius 1 is 1.16 bits per heavy atom. The van der Waals surface area contributed by atoms with E-state index in [1.165, 1.54) is 18.4 Å². The molecule has 0 bridgehead atoms. The van der Waals surface area contributed by atoms with Gasteiger partial charge < -0.3 is 9.64 Å². The number of nitrogens with zero attached hydrogens (tertiary/aromatic N) is 3. The van der Waals surface area contributed by atoms with Crippen LogP contribution in [-0.2, 0) is 4.74 Å². The molecule has 1 atom stereocenters. The monoisotopic (exact) mass is 421 g/mol. The molecule has 0 aliphatic carbocycles. The first-order valence-electron chi connectivity index (χ1n) is 11.5. The zero-order valence-corrected chi connectivity index (χ0v) is 19.5. The largest absolute Gasteiger partial charge is 0.443 e. The molecule has 2 aliphatic rings. The second kappa shape index (κ2) is 8.62. The number of pyridine rings is 1. The van der Waals surface area contributed by atoms with Gasteiger partial charge in [-0.1, -0.05) is 25.1 Å². The van der Waals surface area contributed by atoms with Crippen LogP contribution < -0.4 is 0 Å². The van der Waals surface area contributed by atoms with E-state index in [-0.39, 0.29) is 6.09 Å². The van der Waals surface area contributed by atoms with Crippen molar-refractivity contribution in [3.8, 4) is 0 Å². The Kier molecular flexibility index (Phi) is 6.07. The van der Waals surface area contributed by atoms with Crippen LogP contribution in [0, 0.1) is 5.92 Å². The van der Waals surface area contributed by atoms with Gasteiger partial charge in [-0.2, -0.15) is 0 Å². The number of carbonyl (C=O) groups excluding carboxylic acids is 1.